The van der Waals surface area contributed by atoms with E-state index in [4.69, 9.17) is 4.74 Å². The van der Waals surface area contributed by atoms with E-state index >= 15 is 0 Å². The van der Waals surface area contributed by atoms with Crippen molar-refractivity contribution in [1.29, 1.82) is 0 Å². The zero-order chi connectivity index (χ0) is 12.5. The van der Waals surface area contributed by atoms with E-state index in [1.165, 1.54) is 18.4 Å². The van der Waals surface area contributed by atoms with E-state index in [0.717, 1.165) is 12.0 Å². The second-order valence-electron chi connectivity index (χ2n) is 4.03. The topological polar surface area (TPSA) is 35.5 Å². The molecule has 94 valence electrons. The van der Waals surface area contributed by atoms with Crippen LogP contribution in [0.3, 0.4) is 0 Å². The highest BCUT2D eigenvalue weighted by molar-refractivity contribution is 5.37. The van der Waals surface area contributed by atoms with Gasteiger partial charge in [-0.2, -0.15) is 0 Å². The Hall–Kier alpha value is -1.35. The van der Waals surface area contributed by atoms with Crippen LogP contribution in [0.5, 0.6) is 0 Å². The molecule has 1 aromatic carbocycles. The molecule has 0 fully saturated rings. The molecule has 0 heterocycles. The molecule has 0 saturated heterocycles. The molecule has 1 atom stereocenters. The van der Waals surface area contributed by atoms with E-state index in [1.807, 2.05) is 0 Å². The van der Waals surface area contributed by atoms with E-state index < -0.39 is 6.29 Å². The number of carbonyl (C=O) groups is 1. The molecule has 3 heteroatoms. The third-order valence-corrected chi connectivity index (χ3v) is 2.57. The number of hydrogen-bond acceptors (Lipinski definition) is 3. The minimum atomic E-state index is -0.493. The van der Waals surface area contributed by atoms with Gasteiger partial charge in [-0.25, -0.2) is 0 Å². The highest BCUT2D eigenvalue weighted by Crippen LogP contribution is 2.09. The van der Waals surface area contributed by atoms with Crippen LogP contribution in [0, 0.1) is 0 Å². The lowest BCUT2D eigenvalue weighted by Gasteiger charge is -2.11. The second-order valence-corrected chi connectivity index (χ2v) is 4.03. The molecular weight excluding hydrogens is 216 g/mol. The van der Waals surface area contributed by atoms with Gasteiger partial charge < -0.3 is 9.47 Å². The van der Waals surface area contributed by atoms with Crippen molar-refractivity contribution in [1.82, 2.24) is 0 Å². The fraction of sp³-hybridized carbons (Fsp3) is 0.500. The Labute approximate surface area is 103 Å². The van der Waals surface area contributed by atoms with Gasteiger partial charge >= 0.3 is 0 Å². The van der Waals surface area contributed by atoms with Gasteiger partial charge in [0.25, 0.3) is 6.47 Å². The molecule has 0 aliphatic heterocycles. The van der Waals surface area contributed by atoms with Crippen molar-refractivity contribution in [2.75, 3.05) is 0 Å². The summed E-state index contributed by atoms with van der Waals surface area (Å²) < 4.78 is 9.97. The maximum Gasteiger partial charge on any atom is 0.295 e. The Morgan fingerprint density at radius 3 is 2.47 bits per heavy atom. The summed E-state index contributed by atoms with van der Waals surface area (Å²) in [5, 5.41) is 0. The zero-order valence-electron chi connectivity index (χ0n) is 10.5. The molecule has 0 spiro atoms. The minimum Gasteiger partial charge on any atom is -0.438 e. The molecule has 0 aromatic heterocycles. The SMILES string of the molecule is CCCCc1ccc(COC(C)OC=O)cc1. The van der Waals surface area contributed by atoms with E-state index in [2.05, 4.69) is 35.9 Å². The van der Waals surface area contributed by atoms with Crippen LogP contribution in [0.1, 0.15) is 37.8 Å². The van der Waals surface area contributed by atoms with Crippen LogP contribution in [-0.4, -0.2) is 12.8 Å². The number of aryl methyl sites for hydroxylation is 1. The largest absolute Gasteiger partial charge is 0.438 e. The molecule has 1 unspecified atom stereocenters. The van der Waals surface area contributed by atoms with Crippen LogP contribution in [0.25, 0.3) is 0 Å². The van der Waals surface area contributed by atoms with Crippen molar-refractivity contribution >= 4 is 6.47 Å². The number of unbranched alkanes of at least 4 members (excludes halogenated alkanes) is 1. The maximum atomic E-state index is 10.1. The first kappa shape index (κ1) is 13.7. The van der Waals surface area contributed by atoms with Crippen LogP contribution in [-0.2, 0) is 27.3 Å². The highest BCUT2D eigenvalue weighted by atomic mass is 16.7. The first-order valence-electron chi connectivity index (χ1n) is 6.04. The van der Waals surface area contributed by atoms with Crippen molar-refractivity contribution in [3.63, 3.8) is 0 Å². The first-order chi connectivity index (χ1) is 8.26. The van der Waals surface area contributed by atoms with E-state index in [1.54, 1.807) is 6.92 Å². The lowest BCUT2D eigenvalue weighted by molar-refractivity contribution is -0.161. The Kier molecular flexibility index (Phi) is 6.33. The number of rotatable bonds is 8. The Morgan fingerprint density at radius 1 is 1.24 bits per heavy atom. The lowest BCUT2D eigenvalue weighted by Crippen LogP contribution is -2.11. The average Bonchev–Trinajstić information content (AvgIpc) is 2.35. The summed E-state index contributed by atoms with van der Waals surface area (Å²) in [7, 11) is 0. The van der Waals surface area contributed by atoms with E-state index in [9.17, 15) is 4.79 Å². The summed E-state index contributed by atoms with van der Waals surface area (Å²) >= 11 is 0. The van der Waals surface area contributed by atoms with Gasteiger partial charge in [-0.15, -0.1) is 0 Å². The summed E-state index contributed by atoms with van der Waals surface area (Å²) in [6.45, 7) is 4.75. The molecular formula is C14H20O3. The standard InChI is InChI=1S/C14H20O3/c1-3-4-5-13-6-8-14(9-7-13)10-16-12(2)17-11-15/h6-9,11-12H,3-5,10H2,1-2H3. The third kappa shape index (κ3) is 5.50. The molecule has 1 aromatic rings. The Balaban J connectivity index is 2.37. The quantitative estimate of drug-likeness (QED) is 0.514. The number of carbonyl (C=O) groups excluding carboxylic acids is 1. The third-order valence-electron chi connectivity index (χ3n) is 2.57. The average molecular weight is 236 g/mol. The van der Waals surface area contributed by atoms with Crippen LogP contribution >= 0.6 is 0 Å². The van der Waals surface area contributed by atoms with Gasteiger partial charge in [0.2, 0.25) is 0 Å². The second kappa shape index (κ2) is 7.85. The molecule has 0 aliphatic rings. The van der Waals surface area contributed by atoms with Gasteiger partial charge in [0.1, 0.15) is 0 Å². The molecule has 0 N–H and O–H groups in total. The summed E-state index contributed by atoms with van der Waals surface area (Å²) in [5.74, 6) is 0. The van der Waals surface area contributed by atoms with E-state index in [-0.39, 0.29) is 0 Å². The van der Waals surface area contributed by atoms with Gasteiger partial charge in [0.15, 0.2) is 6.29 Å². The van der Waals surface area contributed by atoms with Gasteiger partial charge in [-0.05, 0) is 30.9 Å². The molecule has 17 heavy (non-hydrogen) atoms. The lowest BCUT2D eigenvalue weighted by atomic mass is 10.1. The van der Waals surface area contributed by atoms with E-state index in [0.29, 0.717) is 13.1 Å². The maximum absolute atomic E-state index is 10.1. The highest BCUT2D eigenvalue weighted by Gasteiger charge is 2.01. The van der Waals surface area contributed by atoms with Crippen LogP contribution in [0.15, 0.2) is 24.3 Å². The molecule has 0 saturated carbocycles. The summed E-state index contributed by atoms with van der Waals surface area (Å²) in [5.41, 5.74) is 2.44. The molecule has 1 rings (SSSR count). The van der Waals surface area contributed by atoms with Gasteiger partial charge in [-0.3, -0.25) is 4.79 Å². The summed E-state index contributed by atoms with van der Waals surface area (Å²) in [6, 6.07) is 8.36. The molecule has 0 radical (unpaired) electrons. The summed E-state index contributed by atoms with van der Waals surface area (Å²) in [4.78, 5) is 10.1. The first-order valence-corrected chi connectivity index (χ1v) is 6.04. The monoisotopic (exact) mass is 236 g/mol. The molecule has 3 nitrogen and oxygen atoms in total. The fourth-order valence-electron chi connectivity index (χ4n) is 1.51. The zero-order valence-corrected chi connectivity index (χ0v) is 10.5. The Morgan fingerprint density at radius 2 is 1.88 bits per heavy atom. The minimum absolute atomic E-state index is 0.401. The fourth-order valence-corrected chi connectivity index (χ4v) is 1.51. The van der Waals surface area contributed by atoms with Crippen molar-refractivity contribution in [2.45, 2.75) is 46.0 Å². The van der Waals surface area contributed by atoms with Crippen molar-refractivity contribution < 1.29 is 14.3 Å². The number of ether oxygens (including phenoxy) is 2. The smallest absolute Gasteiger partial charge is 0.295 e. The molecule has 0 amide bonds. The van der Waals surface area contributed by atoms with Crippen LogP contribution < -0.4 is 0 Å². The van der Waals surface area contributed by atoms with Gasteiger partial charge in [0.05, 0.1) is 6.61 Å². The summed E-state index contributed by atoms with van der Waals surface area (Å²) in [6.07, 6.45) is 3.07. The van der Waals surface area contributed by atoms with Crippen molar-refractivity contribution in [2.24, 2.45) is 0 Å². The molecule has 0 aliphatic carbocycles. The predicted molar refractivity (Wildman–Crippen MR) is 66.5 cm³/mol. The van der Waals surface area contributed by atoms with Crippen molar-refractivity contribution in [3.05, 3.63) is 35.4 Å². The number of hydrogen-bond donors (Lipinski definition) is 0. The predicted octanol–water partition coefficient (Wildman–Crippen LogP) is 3.06. The van der Waals surface area contributed by atoms with Gasteiger partial charge in [-0.1, -0.05) is 37.6 Å². The molecule has 0 bridgehead atoms. The normalized spacial score (nSPS) is 12.1. The van der Waals surface area contributed by atoms with Gasteiger partial charge in [0, 0.05) is 0 Å². The van der Waals surface area contributed by atoms with Crippen molar-refractivity contribution in [3.8, 4) is 0 Å². The van der Waals surface area contributed by atoms with Crippen LogP contribution in [0.4, 0.5) is 0 Å². The Bertz CT molecular complexity index is 319. The number of benzene rings is 1. The van der Waals surface area contributed by atoms with Crippen LogP contribution in [0.2, 0.25) is 0 Å².